The zero-order chi connectivity index (χ0) is 20.8. The lowest BCUT2D eigenvalue weighted by atomic mass is 10.1. The van der Waals surface area contributed by atoms with Crippen LogP contribution in [0.15, 0.2) is 81.8 Å². The monoisotopic (exact) mass is 408 g/mol. The Balaban J connectivity index is 1.74. The van der Waals surface area contributed by atoms with Crippen LogP contribution in [0.5, 0.6) is 11.5 Å². The second-order valence-corrected chi connectivity index (χ2v) is 6.33. The predicted molar refractivity (Wildman–Crippen MR) is 113 cm³/mol. The van der Waals surface area contributed by atoms with E-state index in [1.165, 1.54) is 6.08 Å². The van der Waals surface area contributed by atoms with E-state index in [1.54, 1.807) is 74.9 Å². The SMILES string of the molecule is COc1ccc(C(=O)N=C2C=CC(=NC(=O)c3ccc(OC)cc3)C(Cl)=C2)cc1. The molecule has 1 aliphatic rings. The van der Waals surface area contributed by atoms with Gasteiger partial charge in [-0.25, -0.2) is 9.98 Å². The number of nitrogens with zero attached hydrogens (tertiary/aromatic N) is 2. The molecule has 1 aliphatic carbocycles. The minimum atomic E-state index is -0.437. The van der Waals surface area contributed by atoms with Gasteiger partial charge < -0.3 is 9.47 Å². The minimum Gasteiger partial charge on any atom is -0.497 e. The molecule has 0 saturated carbocycles. The number of hydrogen-bond acceptors (Lipinski definition) is 4. The average molecular weight is 409 g/mol. The lowest BCUT2D eigenvalue weighted by molar-refractivity contribution is 0.0994. The van der Waals surface area contributed by atoms with E-state index >= 15 is 0 Å². The van der Waals surface area contributed by atoms with Crippen LogP contribution in [0.1, 0.15) is 20.7 Å². The maximum atomic E-state index is 12.3. The van der Waals surface area contributed by atoms with Crippen LogP contribution < -0.4 is 9.47 Å². The Morgan fingerprint density at radius 3 is 1.69 bits per heavy atom. The zero-order valence-corrected chi connectivity index (χ0v) is 16.5. The molecule has 2 aromatic rings. The highest BCUT2D eigenvalue weighted by Gasteiger charge is 2.13. The number of carbonyl (C=O) groups excluding carboxylic acids is 2. The van der Waals surface area contributed by atoms with E-state index in [0.717, 1.165) is 0 Å². The Morgan fingerprint density at radius 1 is 0.759 bits per heavy atom. The molecule has 0 N–H and O–H groups in total. The summed E-state index contributed by atoms with van der Waals surface area (Å²) in [6.07, 6.45) is 4.61. The number of methoxy groups -OCH3 is 2. The van der Waals surface area contributed by atoms with Crippen LogP contribution in [0.2, 0.25) is 0 Å². The normalized spacial score (nSPS) is 15.9. The first-order chi connectivity index (χ1) is 14.0. The fourth-order valence-corrected chi connectivity index (χ4v) is 2.70. The Labute approximate surface area is 172 Å². The Kier molecular flexibility index (Phi) is 6.36. The first-order valence-corrected chi connectivity index (χ1v) is 8.98. The van der Waals surface area contributed by atoms with Gasteiger partial charge in [0, 0.05) is 11.1 Å². The van der Waals surface area contributed by atoms with Crippen molar-refractivity contribution in [2.24, 2.45) is 9.98 Å². The van der Waals surface area contributed by atoms with Crippen LogP contribution in [-0.2, 0) is 0 Å². The maximum absolute atomic E-state index is 12.3. The number of ether oxygens (including phenoxy) is 2. The van der Waals surface area contributed by atoms with E-state index in [4.69, 9.17) is 21.1 Å². The molecule has 0 atom stereocenters. The Morgan fingerprint density at radius 2 is 1.24 bits per heavy atom. The number of carbonyl (C=O) groups is 2. The smallest absolute Gasteiger partial charge is 0.277 e. The zero-order valence-electron chi connectivity index (χ0n) is 15.8. The lowest BCUT2D eigenvalue weighted by Crippen LogP contribution is -2.09. The van der Waals surface area contributed by atoms with Crippen LogP contribution >= 0.6 is 11.6 Å². The topological polar surface area (TPSA) is 77.3 Å². The van der Waals surface area contributed by atoms with Gasteiger partial charge in [0.2, 0.25) is 0 Å². The van der Waals surface area contributed by atoms with Crippen molar-refractivity contribution in [2.75, 3.05) is 14.2 Å². The van der Waals surface area contributed by atoms with Gasteiger partial charge in [-0.05, 0) is 66.8 Å². The molecule has 146 valence electrons. The molecule has 0 aromatic heterocycles. The van der Waals surface area contributed by atoms with Crippen LogP contribution in [0.4, 0.5) is 0 Å². The van der Waals surface area contributed by atoms with Gasteiger partial charge in [0.15, 0.2) is 0 Å². The number of benzene rings is 2. The molecule has 2 aromatic carbocycles. The van der Waals surface area contributed by atoms with Gasteiger partial charge in [-0.3, -0.25) is 9.59 Å². The van der Waals surface area contributed by atoms with Crippen LogP contribution in [-0.4, -0.2) is 37.5 Å². The summed E-state index contributed by atoms with van der Waals surface area (Å²) in [4.78, 5) is 32.7. The van der Waals surface area contributed by atoms with Crippen molar-refractivity contribution in [2.45, 2.75) is 0 Å². The van der Waals surface area contributed by atoms with Crippen LogP contribution in [0, 0.1) is 0 Å². The van der Waals surface area contributed by atoms with Gasteiger partial charge in [0.25, 0.3) is 11.8 Å². The summed E-state index contributed by atoms with van der Waals surface area (Å²) < 4.78 is 10.1. The second kappa shape index (κ2) is 9.12. The highest BCUT2D eigenvalue weighted by Crippen LogP contribution is 2.17. The van der Waals surface area contributed by atoms with E-state index in [2.05, 4.69) is 9.98 Å². The van der Waals surface area contributed by atoms with E-state index in [0.29, 0.717) is 34.0 Å². The van der Waals surface area contributed by atoms with E-state index in [1.807, 2.05) is 0 Å². The van der Waals surface area contributed by atoms with E-state index in [-0.39, 0.29) is 5.03 Å². The fourth-order valence-electron chi connectivity index (χ4n) is 2.48. The second-order valence-electron chi connectivity index (χ2n) is 5.93. The van der Waals surface area contributed by atoms with Gasteiger partial charge in [-0.1, -0.05) is 11.6 Å². The summed E-state index contributed by atoms with van der Waals surface area (Å²) >= 11 is 6.22. The molecule has 29 heavy (non-hydrogen) atoms. The molecule has 2 amide bonds. The third-order valence-corrected chi connectivity index (χ3v) is 4.36. The number of rotatable bonds is 4. The first-order valence-electron chi connectivity index (χ1n) is 8.60. The first kappa shape index (κ1) is 20.2. The average Bonchev–Trinajstić information content (AvgIpc) is 2.75. The van der Waals surface area contributed by atoms with E-state index in [9.17, 15) is 9.59 Å². The summed E-state index contributed by atoms with van der Waals surface area (Å²) in [6, 6.07) is 13.2. The molecule has 0 radical (unpaired) electrons. The standard InChI is InChI=1S/C22H17ClN2O4/c1-28-17-8-3-14(4-9-17)21(26)24-16-7-12-20(19(23)13-16)25-22(27)15-5-10-18(29-2)11-6-15/h3-13H,1-2H3. The van der Waals surface area contributed by atoms with Crippen molar-refractivity contribution in [1.29, 1.82) is 0 Å². The van der Waals surface area contributed by atoms with Crippen LogP contribution in [0.3, 0.4) is 0 Å². The molecule has 0 unspecified atom stereocenters. The third-order valence-electron chi connectivity index (χ3n) is 4.06. The highest BCUT2D eigenvalue weighted by atomic mass is 35.5. The van der Waals surface area contributed by atoms with Crippen molar-refractivity contribution in [3.8, 4) is 11.5 Å². The number of hydrogen-bond donors (Lipinski definition) is 0. The van der Waals surface area contributed by atoms with Crippen LogP contribution in [0.25, 0.3) is 0 Å². The molecule has 0 aliphatic heterocycles. The van der Waals surface area contributed by atoms with Gasteiger partial charge in [0.1, 0.15) is 11.5 Å². The van der Waals surface area contributed by atoms with Crippen molar-refractivity contribution in [1.82, 2.24) is 0 Å². The van der Waals surface area contributed by atoms with E-state index < -0.39 is 11.8 Å². The molecule has 6 nitrogen and oxygen atoms in total. The molecule has 0 bridgehead atoms. The summed E-state index contributed by atoms with van der Waals surface area (Å²) in [5.74, 6) is 0.445. The summed E-state index contributed by atoms with van der Waals surface area (Å²) in [5.41, 5.74) is 1.49. The number of allylic oxidation sites excluding steroid dienone is 4. The van der Waals surface area contributed by atoms with Crippen molar-refractivity contribution < 1.29 is 19.1 Å². The summed E-state index contributed by atoms with van der Waals surface area (Å²) in [6.45, 7) is 0. The summed E-state index contributed by atoms with van der Waals surface area (Å²) in [7, 11) is 3.10. The molecule has 0 heterocycles. The molecule has 7 heteroatoms. The minimum absolute atomic E-state index is 0.218. The molecule has 0 spiro atoms. The summed E-state index contributed by atoms with van der Waals surface area (Å²) in [5, 5.41) is 0.218. The number of halogens is 1. The highest BCUT2D eigenvalue weighted by molar-refractivity contribution is 6.49. The predicted octanol–water partition coefficient (Wildman–Crippen LogP) is 4.26. The van der Waals surface area contributed by atoms with Crippen molar-refractivity contribution in [3.05, 3.63) is 82.9 Å². The maximum Gasteiger partial charge on any atom is 0.277 e. The van der Waals surface area contributed by atoms with Gasteiger partial charge in [0.05, 0.1) is 30.7 Å². The lowest BCUT2D eigenvalue weighted by Gasteiger charge is -2.07. The van der Waals surface area contributed by atoms with Gasteiger partial charge in [-0.15, -0.1) is 0 Å². The number of amides is 2. The molecule has 0 fully saturated rings. The third kappa shape index (κ3) is 5.06. The molecular weight excluding hydrogens is 392 g/mol. The van der Waals surface area contributed by atoms with Crippen molar-refractivity contribution >= 4 is 34.8 Å². The number of aliphatic imine (C=N–C) groups is 2. The van der Waals surface area contributed by atoms with Crippen molar-refractivity contribution in [3.63, 3.8) is 0 Å². The largest absolute Gasteiger partial charge is 0.497 e. The molecular formula is C22H17ClN2O4. The molecule has 3 rings (SSSR count). The quantitative estimate of drug-likeness (QED) is 0.708. The Hall–Kier alpha value is -3.51. The van der Waals surface area contributed by atoms with Gasteiger partial charge in [-0.2, -0.15) is 0 Å². The fraction of sp³-hybridized carbons (Fsp3) is 0.0909. The molecule has 0 saturated heterocycles. The van der Waals surface area contributed by atoms with Gasteiger partial charge >= 0.3 is 0 Å². The Bertz CT molecular complexity index is 1050.